The minimum absolute atomic E-state index is 0.0236. The van der Waals surface area contributed by atoms with E-state index in [1.807, 2.05) is 18.2 Å². The fourth-order valence-electron chi connectivity index (χ4n) is 2.69. The summed E-state index contributed by atoms with van der Waals surface area (Å²) in [5, 5.41) is 14.8. The summed E-state index contributed by atoms with van der Waals surface area (Å²) in [7, 11) is 0. The van der Waals surface area contributed by atoms with Gasteiger partial charge in [0.05, 0.1) is 11.3 Å². The monoisotopic (exact) mass is 356 g/mol. The first kappa shape index (κ1) is 13.0. The smallest absolute Gasteiger partial charge is 0.199 e. The summed E-state index contributed by atoms with van der Waals surface area (Å²) in [4.78, 5) is 21.5. The Balaban J connectivity index is 2.13. The van der Waals surface area contributed by atoms with Gasteiger partial charge in [-0.2, -0.15) is 0 Å². The maximum absolute atomic E-state index is 11.3. The highest BCUT2D eigenvalue weighted by Crippen LogP contribution is 2.44. The fraction of sp³-hybridized carbons (Fsp3) is 0. The molecule has 6 nitrogen and oxygen atoms in total. The Morgan fingerprint density at radius 2 is 2.05 bits per heavy atom. The average Bonchev–Trinajstić information content (AvgIpc) is 3.03. The minimum Gasteiger partial charge on any atom is -0.494 e. The van der Waals surface area contributed by atoms with Crippen molar-refractivity contribution in [3.63, 3.8) is 0 Å². The summed E-state index contributed by atoms with van der Waals surface area (Å²) >= 11 is 3.42. The van der Waals surface area contributed by atoms with E-state index in [4.69, 9.17) is 0 Å². The summed E-state index contributed by atoms with van der Waals surface area (Å²) in [6, 6.07) is 9.08. The van der Waals surface area contributed by atoms with E-state index in [-0.39, 0.29) is 11.6 Å². The van der Waals surface area contributed by atoms with Crippen LogP contribution in [0.15, 0.2) is 46.2 Å². The van der Waals surface area contributed by atoms with Gasteiger partial charge in [-0.25, -0.2) is 4.98 Å². The van der Waals surface area contributed by atoms with E-state index in [9.17, 15) is 10.0 Å². The molecule has 0 saturated carbocycles. The number of pyridine rings is 1. The molecule has 0 atom stereocenters. The summed E-state index contributed by atoms with van der Waals surface area (Å²) in [5.74, 6) is -0.0236. The number of aromatic amines is 2. The van der Waals surface area contributed by atoms with E-state index < -0.39 is 0 Å². The highest BCUT2D eigenvalue weighted by molar-refractivity contribution is 9.10. The summed E-state index contributed by atoms with van der Waals surface area (Å²) in [5.41, 5.74) is 2.50. The van der Waals surface area contributed by atoms with Crippen molar-refractivity contribution >= 4 is 43.6 Å². The van der Waals surface area contributed by atoms with Crippen molar-refractivity contribution in [1.82, 2.24) is 15.0 Å². The van der Waals surface area contributed by atoms with Crippen LogP contribution in [0, 0.1) is 4.91 Å². The van der Waals surface area contributed by atoms with Gasteiger partial charge in [0.25, 0.3) is 0 Å². The standard InChI is InChI=1S/C15H9BrN4O2/c16-7-3-4-10-9(6-7)11(15(21)18-10)13-12(20-22)8-2-1-5-17-14(8)19-13/h1-6,18,21H,(H,17,19). The van der Waals surface area contributed by atoms with E-state index in [1.54, 1.807) is 18.3 Å². The van der Waals surface area contributed by atoms with Crippen molar-refractivity contribution in [3.05, 3.63) is 45.9 Å². The molecule has 3 aromatic heterocycles. The second-order valence-electron chi connectivity index (χ2n) is 4.88. The Hall–Kier alpha value is -2.67. The molecule has 0 spiro atoms. The molecule has 108 valence electrons. The second kappa shape index (κ2) is 4.67. The SMILES string of the molecule is O=Nc1c(-c2c(O)[nH]c3ccc(Br)cc23)[nH]c2ncccc12. The topological polar surface area (TPSA) is 94.1 Å². The predicted octanol–water partition coefficient (Wildman–Crippen LogP) is 4.58. The summed E-state index contributed by atoms with van der Waals surface area (Å²) in [6.07, 6.45) is 1.63. The molecule has 0 aliphatic carbocycles. The average molecular weight is 357 g/mol. The summed E-state index contributed by atoms with van der Waals surface area (Å²) < 4.78 is 0.870. The molecule has 4 aromatic rings. The Kier molecular flexibility index (Phi) is 2.77. The molecule has 0 radical (unpaired) electrons. The normalized spacial score (nSPS) is 11.3. The van der Waals surface area contributed by atoms with Crippen LogP contribution >= 0.6 is 15.9 Å². The van der Waals surface area contributed by atoms with E-state index in [0.717, 1.165) is 15.4 Å². The molecule has 0 aliphatic rings. The molecular formula is C15H9BrN4O2. The number of hydrogen-bond donors (Lipinski definition) is 3. The Bertz CT molecular complexity index is 1030. The number of H-pyrrole nitrogens is 2. The number of hydrogen-bond acceptors (Lipinski definition) is 4. The predicted molar refractivity (Wildman–Crippen MR) is 88.2 cm³/mol. The largest absolute Gasteiger partial charge is 0.494 e. The minimum atomic E-state index is -0.0236. The number of halogens is 1. The van der Waals surface area contributed by atoms with Crippen molar-refractivity contribution in [2.75, 3.05) is 0 Å². The first-order valence-electron chi connectivity index (χ1n) is 6.49. The lowest BCUT2D eigenvalue weighted by Crippen LogP contribution is -1.78. The molecule has 0 saturated heterocycles. The molecule has 0 aliphatic heterocycles. The molecule has 0 bridgehead atoms. The first-order valence-corrected chi connectivity index (χ1v) is 7.29. The van der Waals surface area contributed by atoms with E-state index in [0.29, 0.717) is 22.3 Å². The van der Waals surface area contributed by atoms with Gasteiger partial charge in [0.15, 0.2) is 5.88 Å². The number of nitrogens with zero attached hydrogens (tertiary/aromatic N) is 2. The maximum Gasteiger partial charge on any atom is 0.199 e. The number of fused-ring (bicyclic) bond motifs is 2. The van der Waals surface area contributed by atoms with Crippen LogP contribution in [0.3, 0.4) is 0 Å². The lowest BCUT2D eigenvalue weighted by Gasteiger charge is -1.99. The number of nitroso groups, excluding NO2 is 1. The zero-order chi connectivity index (χ0) is 15.3. The molecule has 4 rings (SSSR count). The molecule has 7 heteroatoms. The van der Waals surface area contributed by atoms with Crippen LogP contribution in [-0.4, -0.2) is 20.1 Å². The van der Waals surface area contributed by atoms with Crippen LogP contribution in [-0.2, 0) is 0 Å². The Morgan fingerprint density at radius 3 is 2.86 bits per heavy atom. The van der Waals surface area contributed by atoms with Crippen molar-refractivity contribution in [2.24, 2.45) is 5.18 Å². The van der Waals surface area contributed by atoms with E-state index in [2.05, 4.69) is 36.1 Å². The van der Waals surface area contributed by atoms with Gasteiger partial charge < -0.3 is 15.1 Å². The first-order chi connectivity index (χ1) is 10.7. The molecule has 0 unspecified atom stereocenters. The van der Waals surface area contributed by atoms with Gasteiger partial charge in [-0.3, -0.25) is 0 Å². The number of nitrogens with one attached hydrogen (secondary N) is 2. The lowest BCUT2D eigenvalue weighted by atomic mass is 10.1. The molecule has 0 fully saturated rings. The third-order valence-electron chi connectivity index (χ3n) is 3.63. The third-order valence-corrected chi connectivity index (χ3v) is 4.12. The molecule has 3 heterocycles. The van der Waals surface area contributed by atoms with Crippen LogP contribution in [0.5, 0.6) is 5.88 Å². The zero-order valence-corrected chi connectivity index (χ0v) is 12.7. The van der Waals surface area contributed by atoms with Crippen LogP contribution in [0.1, 0.15) is 0 Å². The van der Waals surface area contributed by atoms with Gasteiger partial charge in [-0.1, -0.05) is 15.9 Å². The molecule has 3 N–H and O–H groups in total. The molecule has 22 heavy (non-hydrogen) atoms. The molecule has 1 aromatic carbocycles. The zero-order valence-electron chi connectivity index (χ0n) is 11.1. The Morgan fingerprint density at radius 1 is 1.18 bits per heavy atom. The number of rotatable bonds is 2. The molecule has 0 amide bonds. The number of benzene rings is 1. The van der Waals surface area contributed by atoms with Gasteiger partial charge in [0, 0.05) is 27.0 Å². The van der Waals surface area contributed by atoms with Gasteiger partial charge >= 0.3 is 0 Å². The number of aromatic nitrogens is 3. The third kappa shape index (κ3) is 1.75. The van der Waals surface area contributed by atoms with Crippen molar-refractivity contribution < 1.29 is 5.11 Å². The van der Waals surface area contributed by atoms with Gasteiger partial charge in [-0.15, -0.1) is 4.91 Å². The van der Waals surface area contributed by atoms with Crippen LogP contribution in [0.4, 0.5) is 5.69 Å². The highest BCUT2D eigenvalue weighted by Gasteiger charge is 2.21. The van der Waals surface area contributed by atoms with Crippen molar-refractivity contribution in [3.8, 4) is 17.1 Å². The fourth-order valence-corrected chi connectivity index (χ4v) is 3.05. The molecular weight excluding hydrogens is 348 g/mol. The van der Waals surface area contributed by atoms with Crippen LogP contribution < -0.4 is 0 Å². The highest BCUT2D eigenvalue weighted by atomic mass is 79.9. The van der Waals surface area contributed by atoms with Crippen molar-refractivity contribution in [1.29, 1.82) is 0 Å². The van der Waals surface area contributed by atoms with Gasteiger partial charge in [0.1, 0.15) is 11.3 Å². The van der Waals surface area contributed by atoms with Gasteiger partial charge in [-0.05, 0) is 35.5 Å². The Labute approximate surface area is 132 Å². The van der Waals surface area contributed by atoms with Crippen LogP contribution in [0.2, 0.25) is 0 Å². The lowest BCUT2D eigenvalue weighted by molar-refractivity contribution is 0.460. The van der Waals surface area contributed by atoms with Crippen LogP contribution in [0.25, 0.3) is 33.2 Å². The van der Waals surface area contributed by atoms with Crippen molar-refractivity contribution in [2.45, 2.75) is 0 Å². The number of aromatic hydroxyl groups is 1. The summed E-state index contributed by atoms with van der Waals surface area (Å²) in [6.45, 7) is 0. The van der Waals surface area contributed by atoms with Gasteiger partial charge in [0.2, 0.25) is 0 Å². The van der Waals surface area contributed by atoms with E-state index >= 15 is 0 Å². The maximum atomic E-state index is 11.3. The van der Waals surface area contributed by atoms with E-state index in [1.165, 1.54) is 0 Å². The quantitative estimate of drug-likeness (QED) is 0.459. The second-order valence-corrected chi connectivity index (χ2v) is 5.79.